The van der Waals surface area contributed by atoms with Crippen molar-refractivity contribution in [2.24, 2.45) is 0 Å². The molecule has 2 atom stereocenters. The van der Waals surface area contributed by atoms with E-state index in [1.165, 1.54) is 12.0 Å². The van der Waals surface area contributed by atoms with Crippen LogP contribution in [0.5, 0.6) is 0 Å². The lowest BCUT2D eigenvalue weighted by molar-refractivity contribution is 0.0813. The summed E-state index contributed by atoms with van der Waals surface area (Å²) < 4.78 is 6.64. The fourth-order valence-corrected chi connectivity index (χ4v) is 2.72. The second kappa shape index (κ2) is 6.53. The van der Waals surface area contributed by atoms with Crippen molar-refractivity contribution < 1.29 is 9.84 Å². The first-order valence-electron chi connectivity index (χ1n) is 6.29. The Morgan fingerprint density at radius 3 is 2.94 bits per heavy atom. The third-order valence-electron chi connectivity index (χ3n) is 3.26. The summed E-state index contributed by atoms with van der Waals surface area (Å²) in [4.78, 5) is 0. The van der Waals surface area contributed by atoms with E-state index in [0.29, 0.717) is 12.5 Å². The summed E-state index contributed by atoms with van der Waals surface area (Å²) >= 11 is 3.51. The molecule has 0 saturated carbocycles. The fourth-order valence-electron chi connectivity index (χ4n) is 2.27. The van der Waals surface area contributed by atoms with Crippen molar-refractivity contribution in [3.63, 3.8) is 0 Å². The van der Waals surface area contributed by atoms with Crippen molar-refractivity contribution >= 4 is 15.9 Å². The summed E-state index contributed by atoms with van der Waals surface area (Å²) in [6, 6.07) is 8.07. The number of hydrogen-bond donors (Lipinski definition) is 1. The van der Waals surface area contributed by atoms with Gasteiger partial charge in [0.05, 0.1) is 12.2 Å². The Morgan fingerprint density at radius 2 is 2.24 bits per heavy atom. The summed E-state index contributed by atoms with van der Waals surface area (Å²) in [5, 5.41) is 10.0. The van der Waals surface area contributed by atoms with Crippen LogP contribution in [0.3, 0.4) is 0 Å². The SMILES string of the molecule is OC(CCC1CCCO1)Cc1ccccc1Br. The van der Waals surface area contributed by atoms with E-state index in [9.17, 15) is 5.11 Å². The van der Waals surface area contributed by atoms with E-state index >= 15 is 0 Å². The zero-order valence-electron chi connectivity index (χ0n) is 9.94. The number of aliphatic hydroxyl groups excluding tert-OH is 1. The second-order valence-electron chi connectivity index (χ2n) is 4.66. The maximum atomic E-state index is 10.0. The van der Waals surface area contributed by atoms with Crippen molar-refractivity contribution in [3.8, 4) is 0 Å². The molecule has 0 radical (unpaired) electrons. The molecule has 2 unspecified atom stereocenters. The molecule has 3 heteroatoms. The van der Waals surface area contributed by atoms with E-state index in [1.54, 1.807) is 0 Å². The second-order valence-corrected chi connectivity index (χ2v) is 5.52. The highest BCUT2D eigenvalue weighted by Gasteiger charge is 2.17. The Bertz CT molecular complexity index is 348. The summed E-state index contributed by atoms with van der Waals surface area (Å²) in [7, 11) is 0. The molecule has 1 saturated heterocycles. The number of benzene rings is 1. The maximum Gasteiger partial charge on any atom is 0.0581 e. The van der Waals surface area contributed by atoms with Crippen LogP contribution in [-0.4, -0.2) is 23.9 Å². The van der Waals surface area contributed by atoms with Gasteiger partial charge in [0.15, 0.2) is 0 Å². The van der Waals surface area contributed by atoms with Gasteiger partial charge in [-0.05, 0) is 43.7 Å². The van der Waals surface area contributed by atoms with Crippen LogP contribution in [0.25, 0.3) is 0 Å². The minimum absolute atomic E-state index is 0.266. The molecule has 1 aliphatic rings. The predicted octanol–water partition coefficient (Wildman–Crippen LogP) is 3.31. The van der Waals surface area contributed by atoms with Crippen molar-refractivity contribution in [1.29, 1.82) is 0 Å². The molecule has 1 fully saturated rings. The average molecular weight is 299 g/mol. The molecule has 1 heterocycles. The molecule has 0 amide bonds. The van der Waals surface area contributed by atoms with Gasteiger partial charge in [-0.2, -0.15) is 0 Å². The molecular weight excluding hydrogens is 280 g/mol. The van der Waals surface area contributed by atoms with E-state index in [0.717, 1.165) is 30.3 Å². The summed E-state index contributed by atoms with van der Waals surface area (Å²) in [6.45, 7) is 0.894. The van der Waals surface area contributed by atoms with Crippen LogP contribution in [-0.2, 0) is 11.2 Å². The predicted molar refractivity (Wildman–Crippen MR) is 72.1 cm³/mol. The standard InChI is InChI=1S/C14H19BrO2/c15-14-6-2-1-4-11(14)10-12(16)7-8-13-5-3-9-17-13/h1-2,4,6,12-13,16H,3,5,7-10H2. The number of hydrogen-bond acceptors (Lipinski definition) is 2. The van der Waals surface area contributed by atoms with Gasteiger partial charge >= 0.3 is 0 Å². The molecular formula is C14H19BrO2. The first-order chi connectivity index (χ1) is 8.25. The highest BCUT2D eigenvalue weighted by atomic mass is 79.9. The van der Waals surface area contributed by atoms with Crippen molar-refractivity contribution in [3.05, 3.63) is 34.3 Å². The van der Waals surface area contributed by atoms with Crippen molar-refractivity contribution in [1.82, 2.24) is 0 Å². The van der Waals surface area contributed by atoms with Gasteiger partial charge in [-0.25, -0.2) is 0 Å². The minimum Gasteiger partial charge on any atom is -0.393 e. The lowest BCUT2D eigenvalue weighted by Crippen LogP contribution is -2.15. The Hall–Kier alpha value is -0.380. The van der Waals surface area contributed by atoms with Crippen molar-refractivity contribution in [2.75, 3.05) is 6.61 Å². The number of halogens is 1. The summed E-state index contributed by atoms with van der Waals surface area (Å²) in [5.41, 5.74) is 1.17. The van der Waals surface area contributed by atoms with E-state index in [4.69, 9.17) is 4.74 Å². The molecule has 0 bridgehead atoms. The molecule has 94 valence electrons. The van der Waals surface area contributed by atoms with Gasteiger partial charge in [-0.3, -0.25) is 0 Å². The van der Waals surface area contributed by atoms with Crippen LogP contribution < -0.4 is 0 Å². The molecule has 0 spiro atoms. The Kier molecular flexibility index (Phi) is 5.01. The Balaban J connectivity index is 1.76. The van der Waals surface area contributed by atoms with Crippen LogP contribution in [0.4, 0.5) is 0 Å². The maximum absolute atomic E-state index is 10.0. The van der Waals surface area contributed by atoms with Crippen LogP contribution in [0.15, 0.2) is 28.7 Å². The lowest BCUT2D eigenvalue weighted by Gasteiger charge is -2.14. The highest BCUT2D eigenvalue weighted by Crippen LogP contribution is 2.21. The molecule has 0 aliphatic carbocycles. The smallest absolute Gasteiger partial charge is 0.0581 e. The zero-order valence-corrected chi connectivity index (χ0v) is 11.5. The number of ether oxygens (including phenoxy) is 1. The van der Waals surface area contributed by atoms with E-state index < -0.39 is 0 Å². The quantitative estimate of drug-likeness (QED) is 0.904. The van der Waals surface area contributed by atoms with Gasteiger partial charge in [0.1, 0.15) is 0 Å². The molecule has 1 N–H and O–H groups in total. The average Bonchev–Trinajstić information content (AvgIpc) is 2.82. The zero-order chi connectivity index (χ0) is 12.1. The summed E-state index contributed by atoms with van der Waals surface area (Å²) in [6.07, 6.45) is 4.96. The van der Waals surface area contributed by atoms with Gasteiger partial charge in [0.25, 0.3) is 0 Å². The molecule has 0 aromatic heterocycles. The third-order valence-corrected chi connectivity index (χ3v) is 4.03. The van der Waals surface area contributed by atoms with Gasteiger partial charge < -0.3 is 9.84 Å². The number of aliphatic hydroxyl groups is 1. The Labute approximate surface area is 111 Å². The largest absolute Gasteiger partial charge is 0.393 e. The lowest BCUT2D eigenvalue weighted by atomic mass is 10.0. The molecule has 1 aromatic carbocycles. The van der Waals surface area contributed by atoms with Crippen LogP contribution >= 0.6 is 15.9 Å². The molecule has 2 rings (SSSR count). The van der Waals surface area contributed by atoms with E-state index in [-0.39, 0.29) is 6.10 Å². The van der Waals surface area contributed by atoms with Crippen LogP contribution in [0.1, 0.15) is 31.2 Å². The van der Waals surface area contributed by atoms with Gasteiger partial charge in [0, 0.05) is 11.1 Å². The normalized spacial score (nSPS) is 21.6. The Morgan fingerprint density at radius 1 is 1.41 bits per heavy atom. The fraction of sp³-hybridized carbons (Fsp3) is 0.571. The minimum atomic E-state index is -0.266. The number of rotatable bonds is 5. The van der Waals surface area contributed by atoms with E-state index in [1.807, 2.05) is 18.2 Å². The molecule has 1 aliphatic heterocycles. The topological polar surface area (TPSA) is 29.5 Å². The summed E-state index contributed by atoms with van der Waals surface area (Å²) in [5.74, 6) is 0. The van der Waals surface area contributed by atoms with Crippen LogP contribution in [0.2, 0.25) is 0 Å². The third kappa shape index (κ3) is 4.09. The first-order valence-corrected chi connectivity index (χ1v) is 7.08. The molecule has 1 aromatic rings. The molecule has 2 nitrogen and oxygen atoms in total. The highest BCUT2D eigenvalue weighted by molar-refractivity contribution is 9.10. The van der Waals surface area contributed by atoms with Gasteiger partial charge in [-0.15, -0.1) is 0 Å². The van der Waals surface area contributed by atoms with Crippen LogP contribution in [0, 0.1) is 0 Å². The first kappa shape index (κ1) is 13.1. The van der Waals surface area contributed by atoms with Crippen molar-refractivity contribution in [2.45, 2.75) is 44.3 Å². The van der Waals surface area contributed by atoms with E-state index in [2.05, 4.69) is 22.0 Å². The van der Waals surface area contributed by atoms with Gasteiger partial charge in [-0.1, -0.05) is 34.1 Å². The molecule has 17 heavy (non-hydrogen) atoms. The monoisotopic (exact) mass is 298 g/mol. The van der Waals surface area contributed by atoms with Gasteiger partial charge in [0.2, 0.25) is 0 Å².